The number of hydrogen-bond acceptors (Lipinski definition) is 3. The van der Waals surface area contributed by atoms with E-state index < -0.39 is 0 Å². The molecule has 3 nitrogen and oxygen atoms in total. The van der Waals surface area contributed by atoms with Gasteiger partial charge in [0.05, 0.1) is 6.67 Å². The van der Waals surface area contributed by atoms with E-state index in [-0.39, 0.29) is 0 Å². The Bertz CT molecular complexity index is 332. The minimum Gasteiger partial charge on any atom is -0.298 e. The van der Waals surface area contributed by atoms with E-state index in [1.807, 2.05) is 12.3 Å². The molecule has 0 atom stereocenters. The number of rotatable bonds is 2. The van der Waals surface area contributed by atoms with Crippen LogP contribution in [0.5, 0.6) is 0 Å². The summed E-state index contributed by atoms with van der Waals surface area (Å²) < 4.78 is 0.883. The van der Waals surface area contributed by atoms with Gasteiger partial charge in [-0.2, -0.15) is 0 Å². The van der Waals surface area contributed by atoms with Crippen molar-refractivity contribution in [1.29, 1.82) is 0 Å². The van der Waals surface area contributed by atoms with Crippen LogP contribution in [0.15, 0.2) is 27.9 Å². The molecule has 0 fully saturated rings. The molecule has 74 valence electrons. The zero-order valence-corrected chi connectivity index (χ0v) is 9.42. The summed E-state index contributed by atoms with van der Waals surface area (Å²) in [7, 11) is 0. The lowest BCUT2D eigenvalue weighted by atomic mass is 10.1. The Labute approximate surface area is 91.8 Å². The molecule has 0 aromatic carbocycles. The summed E-state index contributed by atoms with van der Waals surface area (Å²) in [6.45, 7) is 1.81. The van der Waals surface area contributed by atoms with Gasteiger partial charge in [0.15, 0.2) is 0 Å². The van der Waals surface area contributed by atoms with Crippen LogP contribution < -0.4 is 5.32 Å². The predicted octanol–water partition coefficient (Wildman–Crippen LogP) is 1.78. The molecule has 0 saturated carbocycles. The molecule has 1 N–H and O–H groups in total. The maximum Gasteiger partial charge on any atom is 0.106 e. The molecule has 0 saturated heterocycles. The van der Waals surface area contributed by atoms with Gasteiger partial charge in [0, 0.05) is 24.9 Å². The molecule has 1 aliphatic heterocycles. The van der Waals surface area contributed by atoms with Crippen molar-refractivity contribution in [2.24, 2.45) is 4.99 Å². The van der Waals surface area contributed by atoms with Crippen LogP contribution in [0.25, 0.3) is 0 Å². The van der Waals surface area contributed by atoms with Gasteiger partial charge in [-0.25, -0.2) is 4.98 Å². The fourth-order valence-electron chi connectivity index (χ4n) is 1.45. The zero-order chi connectivity index (χ0) is 9.80. The molecule has 0 spiro atoms. The van der Waals surface area contributed by atoms with Crippen LogP contribution in [0.3, 0.4) is 0 Å². The van der Waals surface area contributed by atoms with Crippen molar-refractivity contribution in [1.82, 2.24) is 10.3 Å². The van der Waals surface area contributed by atoms with Gasteiger partial charge in [0.25, 0.3) is 0 Å². The van der Waals surface area contributed by atoms with Crippen LogP contribution in [0.2, 0.25) is 0 Å². The van der Waals surface area contributed by atoms with E-state index in [0.717, 1.165) is 30.7 Å². The SMILES string of the molecule is Brc1ccc(CC2=NCNCC2)cn1. The average Bonchev–Trinajstić information content (AvgIpc) is 2.23. The number of hydrogen-bond donors (Lipinski definition) is 1. The van der Waals surface area contributed by atoms with Crippen molar-refractivity contribution in [3.8, 4) is 0 Å². The lowest BCUT2D eigenvalue weighted by Gasteiger charge is -2.12. The topological polar surface area (TPSA) is 37.3 Å². The van der Waals surface area contributed by atoms with E-state index in [0.29, 0.717) is 0 Å². The van der Waals surface area contributed by atoms with Crippen molar-refractivity contribution in [2.45, 2.75) is 12.8 Å². The van der Waals surface area contributed by atoms with Crippen LogP contribution in [-0.2, 0) is 6.42 Å². The summed E-state index contributed by atoms with van der Waals surface area (Å²) in [5, 5.41) is 3.20. The quantitative estimate of drug-likeness (QED) is 0.817. The van der Waals surface area contributed by atoms with Gasteiger partial charge >= 0.3 is 0 Å². The first-order chi connectivity index (χ1) is 6.84. The molecule has 1 aliphatic rings. The zero-order valence-electron chi connectivity index (χ0n) is 7.83. The summed E-state index contributed by atoms with van der Waals surface area (Å²) in [5.41, 5.74) is 2.50. The van der Waals surface area contributed by atoms with E-state index in [9.17, 15) is 0 Å². The maximum absolute atomic E-state index is 4.41. The van der Waals surface area contributed by atoms with Gasteiger partial charge in [-0.3, -0.25) is 10.3 Å². The number of nitrogens with one attached hydrogen (secondary N) is 1. The molecule has 0 amide bonds. The third-order valence-electron chi connectivity index (χ3n) is 2.20. The van der Waals surface area contributed by atoms with Gasteiger partial charge in [-0.05, 0) is 34.0 Å². The molecular formula is C10H12BrN3. The highest BCUT2D eigenvalue weighted by Gasteiger charge is 2.05. The summed E-state index contributed by atoms with van der Waals surface area (Å²) in [5.74, 6) is 0. The molecular weight excluding hydrogens is 242 g/mol. The van der Waals surface area contributed by atoms with Crippen LogP contribution >= 0.6 is 15.9 Å². The maximum atomic E-state index is 4.41. The summed E-state index contributed by atoms with van der Waals surface area (Å²) in [6.07, 6.45) is 3.88. The van der Waals surface area contributed by atoms with Crippen molar-refractivity contribution >= 4 is 21.6 Å². The van der Waals surface area contributed by atoms with Crippen LogP contribution in [-0.4, -0.2) is 23.9 Å². The van der Waals surface area contributed by atoms with Gasteiger partial charge in [0.2, 0.25) is 0 Å². The predicted molar refractivity (Wildman–Crippen MR) is 60.6 cm³/mol. The Morgan fingerprint density at radius 3 is 3.00 bits per heavy atom. The molecule has 14 heavy (non-hydrogen) atoms. The Kier molecular flexibility index (Phi) is 3.26. The molecule has 0 bridgehead atoms. The Morgan fingerprint density at radius 2 is 2.36 bits per heavy atom. The highest BCUT2D eigenvalue weighted by Crippen LogP contribution is 2.08. The summed E-state index contributed by atoms with van der Waals surface area (Å²) in [4.78, 5) is 8.60. The third kappa shape index (κ3) is 2.62. The van der Waals surface area contributed by atoms with E-state index in [1.165, 1.54) is 11.3 Å². The van der Waals surface area contributed by atoms with Crippen molar-refractivity contribution in [3.63, 3.8) is 0 Å². The minimum absolute atomic E-state index is 0.763. The van der Waals surface area contributed by atoms with Crippen molar-refractivity contribution in [3.05, 3.63) is 28.5 Å². The number of pyridine rings is 1. The molecule has 1 aromatic heterocycles. The molecule has 2 rings (SSSR count). The summed E-state index contributed by atoms with van der Waals surface area (Å²) >= 11 is 3.32. The lowest BCUT2D eigenvalue weighted by Crippen LogP contribution is -2.25. The Morgan fingerprint density at radius 1 is 1.43 bits per heavy atom. The van der Waals surface area contributed by atoms with Crippen LogP contribution in [0, 0.1) is 0 Å². The molecule has 0 unspecified atom stereocenters. The second kappa shape index (κ2) is 4.66. The van der Waals surface area contributed by atoms with Crippen molar-refractivity contribution < 1.29 is 0 Å². The van der Waals surface area contributed by atoms with Crippen LogP contribution in [0.1, 0.15) is 12.0 Å². The molecule has 1 aromatic rings. The normalized spacial score (nSPS) is 16.5. The molecule has 0 aliphatic carbocycles. The summed E-state index contributed by atoms with van der Waals surface area (Å²) in [6, 6.07) is 4.05. The number of aromatic nitrogens is 1. The first-order valence-corrected chi connectivity index (χ1v) is 5.47. The van der Waals surface area contributed by atoms with Gasteiger partial charge in [-0.15, -0.1) is 0 Å². The highest BCUT2D eigenvalue weighted by atomic mass is 79.9. The Hall–Kier alpha value is -0.740. The average molecular weight is 254 g/mol. The van der Waals surface area contributed by atoms with Gasteiger partial charge in [0.1, 0.15) is 4.60 Å². The highest BCUT2D eigenvalue weighted by molar-refractivity contribution is 9.10. The van der Waals surface area contributed by atoms with E-state index in [1.54, 1.807) is 0 Å². The lowest BCUT2D eigenvalue weighted by molar-refractivity contribution is 0.684. The molecule has 2 heterocycles. The number of halogens is 1. The number of aliphatic imine (C=N–C) groups is 1. The van der Waals surface area contributed by atoms with E-state index in [2.05, 4.69) is 37.3 Å². The molecule has 4 heteroatoms. The largest absolute Gasteiger partial charge is 0.298 e. The first-order valence-electron chi connectivity index (χ1n) is 4.68. The second-order valence-corrected chi connectivity index (χ2v) is 4.11. The fraction of sp³-hybridized carbons (Fsp3) is 0.400. The molecule has 0 radical (unpaired) electrons. The smallest absolute Gasteiger partial charge is 0.106 e. The van der Waals surface area contributed by atoms with E-state index in [4.69, 9.17) is 0 Å². The Balaban J connectivity index is 2.03. The second-order valence-electron chi connectivity index (χ2n) is 3.30. The standard InChI is InChI=1S/C10H12BrN3/c11-10-2-1-8(6-13-10)5-9-3-4-12-7-14-9/h1-2,6,12H,3-5,7H2. The van der Waals surface area contributed by atoms with Gasteiger partial charge in [-0.1, -0.05) is 6.07 Å². The third-order valence-corrected chi connectivity index (χ3v) is 2.67. The first kappa shape index (κ1) is 9.80. The van der Waals surface area contributed by atoms with Gasteiger partial charge < -0.3 is 0 Å². The fourth-order valence-corrected chi connectivity index (χ4v) is 1.68. The monoisotopic (exact) mass is 253 g/mol. The minimum atomic E-state index is 0.763. The van der Waals surface area contributed by atoms with Crippen LogP contribution in [0.4, 0.5) is 0 Å². The number of nitrogens with zero attached hydrogens (tertiary/aromatic N) is 2. The van der Waals surface area contributed by atoms with Crippen molar-refractivity contribution in [2.75, 3.05) is 13.2 Å². The van der Waals surface area contributed by atoms with E-state index >= 15 is 0 Å².